The lowest BCUT2D eigenvalue weighted by Crippen LogP contribution is -2.11. The minimum Gasteiger partial charge on any atom is -0.432 e. The zero-order valence-electron chi connectivity index (χ0n) is 8.84. The van der Waals surface area contributed by atoms with Gasteiger partial charge in [0.1, 0.15) is 0 Å². The van der Waals surface area contributed by atoms with E-state index in [1.54, 1.807) is 12.1 Å². The van der Waals surface area contributed by atoms with Crippen LogP contribution >= 0.6 is 22.6 Å². The first-order valence-electron chi connectivity index (χ1n) is 4.64. The van der Waals surface area contributed by atoms with Crippen molar-refractivity contribution in [2.24, 2.45) is 5.14 Å². The minimum absolute atomic E-state index is 0.0770. The average Bonchev–Trinajstić information content (AvgIpc) is 2.57. The van der Waals surface area contributed by atoms with Crippen molar-refractivity contribution in [3.8, 4) is 11.3 Å². The molecule has 0 fully saturated rings. The van der Waals surface area contributed by atoms with E-state index in [0.717, 1.165) is 11.3 Å². The van der Waals surface area contributed by atoms with Crippen molar-refractivity contribution < 1.29 is 12.8 Å². The second-order valence-corrected chi connectivity index (χ2v) is 5.93. The van der Waals surface area contributed by atoms with E-state index in [0.29, 0.717) is 9.66 Å². The first-order valence-corrected chi connectivity index (χ1v) is 7.26. The zero-order chi connectivity index (χ0) is 12.6. The number of benzene rings is 1. The van der Waals surface area contributed by atoms with Gasteiger partial charge in [0.2, 0.25) is 10.0 Å². The Morgan fingerprint density at radius 3 is 2.29 bits per heavy atom. The highest BCUT2D eigenvalue weighted by Gasteiger charge is 2.12. The second-order valence-electron chi connectivity index (χ2n) is 3.45. The molecule has 0 amide bonds. The summed E-state index contributed by atoms with van der Waals surface area (Å²) in [4.78, 5) is 4.21. The van der Waals surface area contributed by atoms with Gasteiger partial charge in [-0.1, -0.05) is 0 Å². The van der Waals surface area contributed by atoms with Crippen LogP contribution in [0, 0.1) is 10.8 Å². The van der Waals surface area contributed by atoms with Gasteiger partial charge in [0, 0.05) is 28.2 Å². The van der Waals surface area contributed by atoms with Gasteiger partial charge in [-0.05, 0) is 31.2 Å². The number of hydrogen-bond acceptors (Lipinski definition) is 4. The molecule has 17 heavy (non-hydrogen) atoms. The molecular formula is C10H9IN2O3S. The molecule has 7 heteroatoms. The van der Waals surface area contributed by atoms with Crippen molar-refractivity contribution in [1.29, 1.82) is 0 Å². The maximum Gasteiger partial charge on any atom is 0.257 e. The van der Waals surface area contributed by atoms with E-state index in [1.165, 1.54) is 12.1 Å². The fourth-order valence-corrected chi connectivity index (χ4v) is 2.52. The van der Waals surface area contributed by atoms with Crippen molar-refractivity contribution in [1.82, 2.24) is 4.98 Å². The molecule has 1 heterocycles. The number of primary sulfonamides is 1. The number of aromatic nitrogens is 1. The molecule has 0 saturated heterocycles. The number of sulfonamides is 1. The molecule has 90 valence electrons. The summed E-state index contributed by atoms with van der Waals surface area (Å²) in [5.74, 6) is 0.635. The van der Waals surface area contributed by atoms with Gasteiger partial charge in [-0.3, -0.25) is 0 Å². The van der Waals surface area contributed by atoms with Crippen LogP contribution in [0.25, 0.3) is 11.3 Å². The number of hydrogen-bond donors (Lipinski definition) is 1. The van der Waals surface area contributed by atoms with Crippen LogP contribution in [-0.2, 0) is 10.0 Å². The first kappa shape index (κ1) is 12.5. The maximum atomic E-state index is 11.1. The predicted octanol–water partition coefficient (Wildman–Crippen LogP) is 1.90. The molecule has 2 aromatic rings. The van der Waals surface area contributed by atoms with E-state index in [9.17, 15) is 8.42 Å². The number of rotatable bonds is 2. The summed E-state index contributed by atoms with van der Waals surface area (Å²) in [5, 5.41) is 5.01. The molecule has 0 radical (unpaired) electrons. The van der Waals surface area contributed by atoms with E-state index < -0.39 is 10.0 Å². The lowest BCUT2D eigenvalue weighted by Gasteiger charge is -2.00. The number of nitrogens with two attached hydrogens (primary N) is 1. The summed E-state index contributed by atoms with van der Waals surface area (Å²) >= 11 is 1.98. The monoisotopic (exact) mass is 364 g/mol. The Balaban J connectivity index is 2.46. The largest absolute Gasteiger partial charge is 0.432 e. The third kappa shape index (κ3) is 2.67. The summed E-state index contributed by atoms with van der Waals surface area (Å²) < 4.78 is 28.2. The lowest BCUT2D eigenvalue weighted by atomic mass is 10.1. The smallest absolute Gasteiger partial charge is 0.257 e. The van der Waals surface area contributed by atoms with Crippen molar-refractivity contribution >= 4 is 32.6 Å². The van der Waals surface area contributed by atoms with Crippen LogP contribution in [0.2, 0.25) is 0 Å². The molecule has 0 bridgehead atoms. The molecular weight excluding hydrogens is 355 g/mol. The van der Waals surface area contributed by atoms with Gasteiger partial charge in [0.25, 0.3) is 3.90 Å². The van der Waals surface area contributed by atoms with Crippen molar-refractivity contribution in [2.45, 2.75) is 11.8 Å². The first-order chi connectivity index (χ1) is 7.88. The highest BCUT2D eigenvalue weighted by Crippen LogP contribution is 2.25. The van der Waals surface area contributed by atoms with Gasteiger partial charge < -0.3 is 4.42 Å². The highest BCUT2D eigenvalue weighted by molar-refractivity contribution is 14.1. The van der Waals surface area contributed by atoms with Crippen LogP contribution in [-0.4, -0.2) is 13.4 Å². The molecule has 1 aromatic carbocycles. The summed E-state index contributed by atoms with van der Waals surface area (Å²) in [5.41, 5.74) is 1.53. The quantitative estimate of drug-likeness (QED) is 0.825. The van der Waals surface area contributed by atoms with E-state index in [-0.39, 0.29) is 4.90 Å². The van der Waals surface area contributed by atoms with Gasteiger partial charge in [0.05, 0.1) is 10.6 Å². The van der Waals surface area contributed by atoms with Crippen LogP contribution in [0.1, 0.15) is 5.69 Å². The Kier molecular flexibility index (Phi) is 3.23. The van der Waals surface area contributed by atoms with Crippen molar-refractivity contribution in [3.05, 3.63) is 33.9 Å². The molecule has 0 spiro atoms. The Bertz CT molecular complexity index is 647. The van der Waals surface area contributed by atoms with Gasteiger partial charge in [0.15, 0.2) is 5.76 Å². The minimum atomic E-state index is -3.65. The fraction of sp³-hybridized carbons (Fsp3) is 0.100. The molecule has 0 aliphatic heterocycles. The lowest BCUT2D eigenvalue weighted by molar-refractivity contribution is 0.538. The molecule has 5 nitrogen and oxygen atoms in total. The summed E-state index contributed by atoms with van der Waals surface area (Å²) in [6, 6.07) is 6.17. The highest BCUT2D eigenvalue weighted by atomic mass is 127. The Morgan fingerprint density at radius 2 is 1.88 bits per heavy atom. The van der Waals surface area contributed by atoms with E-state index in [4.69, 9.17) is 9.56 Å². The van der Waals surface area contributed by atoms with Crippen LogP contribution < -0.4 is 5.14 Å². The number of nitrogens with zero attached hydrogens (tertiary/aromatic N) is 1. The van der Waals surface area contributed by atoms with Crippen LogP contribution in [0.15, 0.2) is 33.6 Å². The molecule has 0 atom stereocenters. The van der Waals surface area contributed by atoms with Crippen LogP contribution in [0.3, 0.4) is 0 Å². The Morgan fingerprint density at radius 1 is 1.29 bits per heavy atom. The van der Waals surface area contributed by atoms with Crippen molar-refractivity contribution in [3.63, 3.8) is 0 Å². The molecule has 0 saturated carbocycles. The number of halogens is 1. The van der Waals surface area contributed by atoms with E-state index >= 15 is 0 Å². The van der Waals surface area contributed by atoms with Gasteiger partial charge in [-0.25, -0.2) is 18.5 Å². The average molecular weight is 364 g/mol. The molecule has 0 aliphatic rings. The van der Waals surface area contributed by atoms with Gasteiger partial charge in [-0.2, -0.15) is 0 Å². The zero-order valence-corrected chi connectivity index (χ0v) is 11.8. The molecule has 0 aliphatic carbocycles. The Hall–Kier alpha value is -0.930. The number of oxazole rings is 1. The van der Waals surface area contributed by atoms with Crippen LogP contribution in [0.4, 0.5) is 0 Å². The fourth-order valence-electron chi connectivity index (χ4n) is 1.43. The molecule has 2 N–H and O–H groups in total. The third-order valence-electron chi connectivity index (χ3n) is 2.22. The normalized spacial score (nSPS) is 11.7. The number of aryl methyl sites for hydroxylation is 1. The second kappa shape index (κ2) is 4.39. The van der Waals surface area contributed by atoms with Gasteiger partial charge >= 0.3 is 0 Å². The van der Waals surface area contributed by atoms with Gasteiger partial charge in [-0.15, -0.1) is 0 Å². The summed E-state index contributed by atoms with van der Waals surface area (Å²) in [7, 11) is -3.65. The van der Waals surface area contributed by atoms with Crippen LogP contribution in [0.5, 0.6) is 0 Å². The Labute approximate surface area is 112 Å². The summed E-state index contributed by atoms with van der Waals surface area (Å²) in [6.07, 6.45) is 0. The summed E-state index contributed by atoms with van der Waals surface area (Å²) in [6.45, 7) is 1.83. The molecule has 1 aromatic heterocycles. The molecule has 2 rings (SSSR count). The third-order valence-corrected chi connectivity index (χ3v) is 3.61. The van der Waals surface area contributed by atoms with E-state index in [2.05, 4.69) is 4.98 Å². The predicted molar refractivity (Wildman–Crippen MR) is 70.8 cm³/mol. The van der Waals surface area contributed by atoms with E-state index in [1.807, 2.05) is 29.5 Å². The van der Waals surface area contributed by atoms with Crippen molar-refractivity contribution in [2.75, 3.05) is 0 Å². The maximum absolute atomic E-state index is 11.1. The topological polar surface area (TPSA) is 86.2 Å². The molecule has 0 unspecified atom stereocenters. The SMILES string of the molecule is Cc1nc(I)oc1-c1ccc(S(N)(=O)=O)cc1. The standard InChI is InChI=1S/C10H9IN2O3S/c1-6-9(16-10(11)13-6)7-2-4-8(5-3-7)17(12,14)15/h2-5H,1H3,(H2,12,14,15).